The van der Waals surface area contributed by atoms with Gasteiger partial charge in [0.05, 0.1) is 22.7 Å². The second kappa shape index (κ2) is 9.38. The van der Waals surface area contributed by atoms with E-state index in [1.54, 1.807) is 36.4 Å². The van der Waals surface area contributed by atoms with Crippen molar-refractivity contribution in [3.63, 3.8) is 0 Å². The lowest BCUT2D eigenvalue weighted by Gasteiger charge is -2.23. The molecule has 0 aliphatic carbocycles. The Morgan fingerprint density at radius 1 is 1.00 bits per heavy atom. The Labute approximate surface area is 185 Å². The van der Waals surface area contributed by atoms with Crippen molar-refractivity contribution in [1.29, 1.82) is 0 Å². The Balaban J connectivity index is 1.82. The molecule has 1 amide bonds. The van der Waals surface area contributed by atoms with Crippen LogP contribution in [0.4, 0.5) is 11.4 Å². The number of amides is 1. The van der Waals surface area contributed by atoms with Crippen LogP contribution in [-0.2, 0) is 14.8 Å². The van der Waals surface area contributed by atoms with Gasteiger partial charge in [-0.05, 0) is 42.5 Å². The molecule has 0 spiro atoms. The highest BCUT2D eigenvalue weighted by Gasteiger charge is 2.24. The van der Waals surface area contributed by atoms with Crippen molar-refractivity contribution in [1.82, 2.24) is 0 Å². The average Bonchev–Trinajstić information content (AvgIpc) is 2.70. The Hall–Kier alpha value is -2.74. The summed E-state index contributed by atoms with van der Waals surface area (Å²) in [5.74, 6) is 0.451. The maximum Gasteiger partial charge on any atom is 0.245 e. The molecule has 3 rings (SSSR count). The minimum absolute atomic E-state index is 0.121. The summed E-state index contributed by atoms with van der Waals surface area (Å²) in [7, 11) is -3.81. The van der Waals surface area contributed by atoms with Crippen molar-refractivity contribution in [2.75, 3.05) is 22.4 Å². The lowest BCUT2D eigenvalue weighted by molar-refractivity contribution is -0.114. The average molecular weight is 465 g/mol. The zero-order valence-corrected chi connectivity index (χ0v) is 18.2. The van der Waals surface area contributed by atoms with Gasteiger partial charge in [-0.3, -0.25) is 9.10 Å². The van der Waals surface area contributed by atoms with E-state index in [-0.39, 0.29) is 10.7 Å². The van der Waals surface area contributed by atoms with Crippen LogP contribution >= 0.6 is 23.2 Å². The molecule has 30 heavy (non-hydrogen) atoms. The third-order valence-electron chi connectivity index (χ3n) is 4.00. The zero-order chi connectivity index (χ0) is 21.7. The molecule has 3 aromatic rings. The maximum atomic E-state index is 12.7. The van der Waals surface area contributed by atoms with E-state index in [4.69, 9.17) is 27.9 Å². The van der Waals surface area contributed by atoms with Gasteiger partial charge in [0.2, 0.25) is 15.9 Å². The first-order chi connectivity index (χ1) is 14.2. The molecule has 0 saturated carbocycles. The van der Waals surface area contributed by atoms with Crippen molar-refractivity contribution in [3.05, 3.63) is 82.8 Å². The molecule has 0 saturated heterocycles. The topological polar surface area (TPSA) is 75.7 Å². The number of anilines is 2. The van der Waals surface area contributed by atoms with Gasteiger partial charge in [-0.15, -0.1) is 0 Å². The molecule has 0 bridgehead atoms. The quantitative estimate of drug-likeness (QED) is 0.521. The number of hydrogen-bond acceptors (Lipinski definition) is 4. The molecule has 0 heterocycles. The molecule has 0 unspecified atom stereocenters. The molecule has 0 atom stereocenters. The van der Waals surface area contributed by atoms with Gasteiger partial charge in [-0.1, -0.05) is 53.5 Å². The lowest BCUT2D eigenvalue weighted by Crippen LogP contribution is -2.37. The number of halogens is 2. The van der Waals surface area contributed by atoms with E-state index in [9.17, 15) is 13.2 Å². The summed E-state index contributed by atoms with van der Waals surface area (Å²) in [6, 6.07) is 20.3. The molecule has 0 radical (unpaired) electrons. The summed E-state index contributed by atoms with van der Waals surface area (Å²) < 4.78 is 31.3. The van der Waals surface area contributed by atoms with Crippen LogP contribution in [0.15, 0.2) is 72.8 Å². The van der Waals surface area contributed by atoms with Crippen LogP contribution < -0.4 is 14.4 Å². The first-order valence-corrected chi connectivity index (χ1v) is 11.4. The molecule has 3 aromatic carbocycles. The van der Waals surface area contributed by atoms with Crippen LogP contribution in [0, 0.1) is 0 Å². The third-order valence-corrected chi connectivity index (χ3v) is 5.68. The molecule has 6 nitrogen and oxygen atoms in total. The van der Waals surface area contributed by atoms with Gasteiger partial charge in [0.25, 0.3) is 0 Å². The summed E-state index contributed by atoms with van der Waals surface area (Å²) >= 11 is 12.1. The van der Waals surface area contributed by atoms with Crippen molar-refractivity contribution < 1.29 is 17.9 Å². The first kappa shape index (κ1) is 22.0. The standard InChI is InChI=1S/C21H18Cl2N2O4S/c1-30(27,28)25(19-13-15(22)11-12-17(19)23)14-21(26)24-18-9-5-6-10-20(18)29-16-7-3-2-4-8-16/h2-13H,14H2,1H3,(H,24,26). The monoisotopic (exact) mass is 464 g/mol. The molecule has 0 aromatic heterocycles. The van der Waals surface area contributed by atoms with Gasteiger partial charge in [-0.25, -0.2) is 8.42 Å². The number of benzene rings is 3. The fourth-order valence-electron chi connectivity index (χ4n) is 2.65. The van der Waals surface area contributed by atoms with Crippen molar-refractivity contribution in [3.8, 4) is 11.5 Å². The fourth-order valence-corrected chi connectivity index (χ4v) is 3.95. The molecule has 0 fully saturated rings. The number of nitrogens with one attached hydrogen (secondary N) is 1. The maximum absolute atomic E-state index is 12.7. The number of nitrogens with zero attached hydrogens (tertiary/aromatic N) is 1. The van der Waals surface area contributed by atoms with Crippen LogP contribution in [0.2, 0.25) is 10.0 Å². The molecular weight excluding hydrogens is 447 g/mol. The summed E-state index contributed by atoms with van der Waals surface area (Å²) in [5, 5.41) is 3.15. The number of carbonyl (C=O) groups is 1. The van der Waals surface area contributed by atoms with Gasteiger partial charge in [0.15, 0.2) is 5.75 Å². The second-order valence-corrected chi connectivity index (χ2v) is 9.08. The van der Waals surface area contributed by atoms with E-state index in [1.807, 2.05) is 18.2 Å². The predicted molar refractivity (Wildman–Crippen MR) is 120 cm³/mol. The Morgan fingerprint density at radius 2 is 1.67 bits per heavy atom. The molecule has 9 heteroatoms. The predicted octanol–water partition coefficient (Wildman–Crippen LogP) is 5.19. The highest BCUT2D eigenvalue weighted by molar-refractivity contribution is 7.92. The van der Waals surface area contributed by atoms with Gasteiger partial charge in [0.1, 0.15) is 12.3 Å². The van der Waals surface area contributed by atoms with Crippen LogP contribution in [0.5, 0.6) is 11.5 Å². The van der Waals surface area contributed by atoms with Crippen molar-refractivity contribution in [2.24, 2.45) is 0 Å². The molecule has 1 N–H and O–H groups in total. The normalized spacial score (nSPS) is 11.0. The number of carbonyl (C=O) groups excluding carboxylic acids is 1. The van der Waals surface area contributed by atoms with E-state index < -0.39 is 22.5 Å². The van der Waals surface area contributed by atoms with E-state index in [2.05, 4.69) is 5.32 Å². The summed E-state index contributed by atoms with van der Waals surface area (Å²) in [4.78, 5) is 12.7. The summed E-state index contributed by atoms with van der Waals surface area (Å²) in [5.41, 5.74) is 0.521. The number of para-hydroxylation sites is 3. The minimum atomic E-state index is -3.81. The third kappa shape index (κ3) is 5.66. The van der Waals surface area contributed by atoms with Gasteiger partial charge < -0.3 is 10.1 Å². The minimum Gasteiger partial charge on any atom is -0.455 e. The Bertz CT molecular complexity index is 1150. The van der Waals surface area contributed by atoms with Gasteiger partial charge in [0, 0.05) is 5.02 Å². The Morgan fingerprint density at radius 3 is 2.37 bits per heavy atom. The number of ether oxygens (including phenoxy) is 1. The highest BCUT2D eigenvalue weighted by Crippen LogP contribution is 2.32. The molecule has 156 valence electrons. The summed E-state index contributed by atoms with van der Waals surface area (Å²) in [6.07, 6.45) is 0.990. The second-order valence-electron chi connectivity index (χ2n) is 6.32. The van der Waals surface area contributed by atoms with Crippen molar-refractivity contribution >= 4 is 50.5 Å². The molecule has 0 aliphatic rings. The lowest BCUT2D eigenvalue weighted by atomic mass is 10.2. The number of hydrogen-bond donors (Lipinski definition) is 1. The van der Waals surface area contributed by atoms with Crippen molar-refractivity contribution in [2.45, 2.75) is 0 Å². The van der Waals surface area contributed by atoms with Crippen LogP contribution in [0.25, 0.3) is 0 Å². The largest absolute Gasteiger partial charge is 0.455 e. The highest BCUT2D eigenvalue weighted by atomic mass is 35.5. The van der Waals surface area contributed by atoms with Gasteiger partial charge >= 0.3 is 0 Å². The first-order valence-electron chi connectivity index (χ1n) is 8.78. The molecular formula is C21H18Cl2N2O4S. The summed E-state index contributed by atoms with van der Waals surface area (Å²) in [6.45, 7) is -0.488. The SMILES string of the molecule is CS(=O)(=O)N(CC(=O)Nc1ccccc1Oc1ccccc1)c1cc(Cl)ccc1Cl. The van der Waals surface area contributed by atoms with Crippen LogP contribution in [-0.4, -0.2) is 27.1 Å². The number of sulfonamides is 1. The Kier molecular flexibility index (Phi) is 6.87. The zero-order valence-electron chi connectivity index (χ0n) is 15.9. The molecule has 0 aliphatic heterocycles. The van der Waals surface area contributed by atoms with Gasteiger partial charge in [-0.2, -0.15) is 0 Å². The van der Waals surface area contributed by atoms with E-state index in [0.29, 0.717) is 22.2 Å². The number of rotatable bonds is 7. The van der Waals surface area contributed by atoms with Crippen LogP contribution in [0.1, 0.15) is 0 Å². The fraction of sp³-hybridized carbons (Fsp3) is 0.0952. The smallest absolute Gasteiger partial charge is 0.245 e. The van der Waals surface area contributed by atoms with E-state index in [1.165, 1.54) is 18.2 Å². The van der Waals surface area contributed by atoms with Crippen LogP contribution in [0.3, 0.4) is 0 Å². The van der Waals surface area contributed by atoms with E-state index in [0.717, 1.165) is 10.6 Å². The van der Waals surface area contributed by atoms with E-state index >= 15 is 0 Å².